The molecule has 0 fully saturated rings. The molecule has 0 aliphatic carbocycles. The van der Waals surface area contributed by atoms with E-state index in [2.05, 4.69) is 11.0 Å². The number of nitrogens with one attached hydrogen (secondary N) is 1. The minimum Gasteiger partial charge on any atom is -0.200 e. The summed E-state index contributed by atoms with van der Waals surface area (Å²) in [7, 11) is -3.68. The van der Waals surface area contributed by atoms with Crippen molar-refractivity contribution in [3.05, 3.63) is 34.3 Å². The topological polar surface area (TPSA) is 58.5 Å². The number of hydrogen-bond donors (Lipinski definition) is 1. The molecule has 0 bridgehead atoms. The smallest absolute Gasteiger partial charge is 0.200 e. The molecular formula is C9H8Cl2N2O2S. The molecule has 1 aromatic rings. The van der Waals surface area contributed by atoms with E-state index in [0.29, 0.717) is 0 Å². The molecule has 1 aromatic carbocycles. The highest BCUT2D eigenvalue weighted by Crippen LogP contribution is 2.09. The first-order valence-corrected chi connectivity index (χ1v) is 6.38. The summed E-state index contributed by atoms with van der Waals surface area (Å²) in [4.78, 5) is 2.03. The summed E-state index contributed by atoms with van der Waals surface area (Å²) in [6.07, 6.45) is 0. The summed E-state index contributed by atoms with van der Waals surface area (Å²) >= 11 is 10.4. The third-order valence-corrected chi connectivity index (χ3v) is 3.03. The van der Waals surface area contributed by atoms with Crippen LogP contribution in [0.3, 0.4) is 0 Å². The van der Waals surface area contributed by atoms with E-state index in [1.54, 1.807) is 12.1 Å². The van der Waals surface area contributed by atoms with Crippen LogP contribution in [-0.2, 0) is 10.0 Å². The third kappa shape index (κ3) is 3.87. The van der Waals surface area contributed by atoms with E-state index in [9.17, 15) is 8.42 Å². The van der Waals surface area contributed by atoms with E-state index in [4.69, 9.17) is 23.2 Å². The third-order valence-electron chi connectivity index (χ3n) is 1.64. The fraction of sp³-hybridized carbons (Fsp3) is 0.111. The number of aryl methyl sites for hydroxylation is 1. The minimum absolute atomic E-state index is 0.106. The van der Waals surface area contributed by atoms with Crippen LogP contribution in [0.25, 0.3) is 0 Å². The molecule has 0 atom stereocenters. The molecular weight excluding hydrogens is 271 g/mol. The van der Waals surface area contributed by atoms with Gasteiger partial charge in [0.2, 0.25) is 0 Å². The van der Waals surface area contributed by atoms with E-state index in [0.717, 1.165) is 5.56 Å². The number of hydrazone groups is 1. The Morgan fingerprint density at radius 3 is 2.38 bits per heavy atom. The van der Waals surface area contributed by atoms with Crippen LogP contribution < -0.4 is 4.83 Å². The Kier molecular flexibility index (Phi) is 4.38. The summed E-state index contributed by atoms with van der Waals surface area (Å²) in [5, 5.41) is 3.25. The summed E-state index contributed by atoms with van der Waals surface area (Å²) in [5.41, 5.74) is 0.964. The number of hydrogen-bond acceptors (Lipinski definition) is 3. The fourth-order valence-corrected chi connectivity index (χ4v) is 1.75. The van der Waals surface area contributed by atoms with E-state index >= 15 is 0 Å². The molecule has 1 rings (SSSR count). The van der Waals surface area contributed by atoms with Crippen LogP contribution in [0.15, 0.2) is 38.8 Å². The predicted molar refractivity (Wildman–Crippen MR) is 64.2 cm³/mol. The van der Waals surface area contributed by atoms with E-state index in [1.165, 1.54) is 12.1 Å². The highest BCUT2D eigenvalue weighted by Gasteiger charge is 2.11. The van der Waals surface area contributed by atoms with Crippen molar-refractivity contribution >= 4 is 39.1 Å². The lowest BCUT2D eigenvalue weighted by Crippen LogP contribution is -2.17. The Bertz CT molecular complexity index is 527. The summed E-state index contributed by atoms with van der Waals surface area (Å²) in [6, 6.07) is 6.31. The SMILES string of the molecule is Cc1ccc(S(=O)(=O)NN=C=C(Cl)Cl)cc1. The molecule has 0 unspecified atom stereocenters. The molecule has 0 aromatic heterocycles. The van der Waals surface area contributed by atoms with Crippen molar-refractivity contribution in [2.24, 2.45) is 5.10 Å². The Labute approximate surface area is 104 Å². The van der Waals surface area contributed by atoms with Crippen LogP contribution in [0.4, 0.5) is 0 Å². The van der Waals surface area contributed by atoms with Gasteiger partial charge in [0.25, 0.3) is 10.0 Å². The summed E-state index contributed by atoms with van der Waals surface area (Å²) < 4.78 is 22.9. The second kappa shape index (κ2) is 5.37. The van der Waals surface area contributed by atoms with E-state index < -0.39 is 10.0 Å². The monoisotopic (exact) mass is 278 g/mol. The average molecular weight is 279 g/mol. The van der Waals surface area contributed by atoms with Crippen molar-refractivity contribution in [1.82, 2.24) is 4.83 Å². The summed E-state index contributed by atoms with van der Waals surface area (Å²) in [5.74, 6) is 2.06. The largest absolute Gasteiger partial charge is 0.277 e. The van der Waals surface area contributed by atoms with Gasteiger partial charge in [-0.05, 0) is 19.1 Å². The molecule has 7 heteroatoms. The van der Waals surface area contributed by atoms with Gasteiger partial charge in [0.05, 0.1) is 4.90 Å². The predicted octanol–water partition coefficient (Wildman–Crippen LogP) is 2.18. The Morgan fingerprint density at radius 1 is 1.31 bits per heavy atom. The van der Waals surface area contributed by atoms with Gasteiger partial charge in [0.15, 0.2) is 4.49 Å². The van der Waals surface area contributed by atoms with Gasteiger partial charge in [-0.15, -0.1) is 5.10 Å². The quantitative estimate of drug-likeness (QED) is 0.681. The molecule has 16 heavy (non-hydrogen) atoms. The zero-order valence-corrected chi connectivity index (χ0v) is 10.6. The number of rotatable bonds is 3. The van der Waals surface area contributed by atoms with Gasteiger partial charge >= 0.3 is 0 Å². The average Bonchev–Trinajstić information content (AvgIpc) is 2.17. The molecule has 1 N–H and O–H groups in total. The van der Waals surface area contributed by atoms with Crippen molar-refractivity contribution in [2.45, 2.75) is 11.8 Å². The molecule has 0 heterocycles. The maximum Gasteiger partial charge on any atom is 0.277 e. The zero-order valence-electron chi connectivity index (χ0n) is 8.24. The Balaban J connectivity index is 2.95. The molecule has 4 nitrogen and oxygen atoms in total. The molecule has 0 aliphatic rings. The molecule has 0 saturated heterocycles. The van der Waals surface area contributed by atoms with Crippen LogP contribution in [0.1, 0.15) is 5.56 Å². The Hall–Kier alpha value is -1.000. The summed E-state index contributed by atoms with van der Waals surface area (Å²) in [6.45, 7) is 1.86. The van der Waals surface area contributed by atoms with Gasteiger partial charge in [-0.2, -0.15) is 13.2 Å². The van der Waals surface area contributed by atoms with Crippen molar-refractivity contribution in [1.29, 1.82) is 0 Å². The van der Waals surface area contributed by atoms with Crippen molar-refractivity contribution < 1.29 is 8.42 Å². The maximum atomic E-state index is 11.6. The lowest BCUT2D eigenvalue weighted by Gasteiger charge is -2.01. The van der Waals surface area contributed by atoms with Crippen molar-refractivity contribution in [3.8, 4) is 0 Å². The normalized spacial score (nSPS) is 10.4. The molecule has 86 valence electrons. The van der Waals surface area contributed by atoms with Gasteiger partial charge < -0.3 is 0 Å². The van der Waals surface area contributed by atoms with Crippen LogP contribution in [0.2, 0.25) is 0 Å². The van der Waals surface area contributed by atoms with Crippen LogP contribution >= 0.6 is 23.2 Å². The zero-order chi connectivity index (χ0) is 12.2. The minimum atomic E-state index is -3.68. The van der Waals surface area contributed by atoms with Gasteiger partial charge in [-0.3, -0.25) is 0 Å². The number of halogens is 2. The first-order chi connectivity index (χ1) is 7.42. The Morgan fingerprint density at radius 2 is 1.88 bits per heavy atom. The van der Waals surface area contributed by atoms with E-state index in [1.807, 2.05) is 11.8 Å². The molecule has 0 amide bonds. The molecule has 0 aliphatic heterocycles. The van der Waals surface area contributed by atoms with Gasteiger partial charge in [0, 0.05) is 5.87 Å². The number of sulfonamides is 1. The van der Waals surface area contributed by atoms with Crippen molar-refractivity contribution in [2.75, 3.05) is 0 Å². The van der Waals surface area contributed by atoms with Gasteiger partial charge in [0.1, 0.15) is 0 Å². The van der Waals surface area contributed by atoms with Gasteiger partial charge in [-0.25, -0.2) is 0 Å². The lowest BCUT2D eigenvalue weighted by molar-refractivity contribution is 0.585. The van der Waals surface area contributed by atoms with Crippen LogP contribution in [0, 0.1) is 6.92 Å². The van der Waals surface area contributed by atoms with Crippen LogP contribution in [0.5, 0.6) is 0 Å². The highest BCUT2D eigenvalue weighted by atomic mass is 35.5. The maximum absolute atomic E-state index is 11.6. The second-order valence-corrected chi connectivity index (χ2v) is 5.50. The first kappa shape index (κ1) is 13.1. The van der Waals surface area contributed by atoms with Gasteiger partial charge in [-0.1, -0.05) is 40.9 Å². The highest BCUT2D eigenvalue weighted by molar-refractivity contribution is 7.89. The van der Waals surface area contributed by atoms with Crippen molar-refractivity contribution in [3.63, 3.8) is 0 Å². The van der Waals surface area contributed by atoms with E-state index in [-0.39, 0.29) is 9.39 Å². The standard InChI is InChI=1S/C9H8Cl2N2O2S/c1-7-2-4-8(5-3-7)16(14,15)13-12-6-9(10)11/h2-5,13H,1H3. The number of nitrogens with zero attached hydrogens (tertiary/aromatic N) is 1. The molecule has 0 saturated carbocycles. The van der Waals surface area contributed by atoms with Crippen LogP contribution in [-0.4, -0.2) is 14.3 Å². The fourth-order valence-electron chi connectivity index (χ4n) is 0.895. The first-order valence-electron chi connectivity index (χ1n) is 4.14. The second-order valence-electron chi connectivity index (χ2n) is 2.89. The molecule has 0 radical (unpaired) electrons. The molecule has 0 spiro atoms. The number of benzene rings is 1. The lowest BCUT2D eigenvalue weighted by atomic mass is 10.2.